The molecule has 0 aliphatic carbocycles. The second kappa shape index (κ2) is 5.37. The Morgan fingerprint density at radius 2 is 1.81 bits per heavy atom. The predicted molar refractivity (Wildman–Crippen MR) is 82.9 cm³/mol. The van der Waals surface area contributed by atoms with E-state index in [-0.39, 0.29) is 5.78 Å². The Morgan fingerprint density at radius 1 is 1.05 bits per heavy atom. The number of aryl methyl sites for hydroxylation is 2. The van der Waals surface area contributed by atoms with E-state index in [4.69, 9.17) is 0 Å². The van der Waals surface area contributed by atoms with Crippen molar-refractivity contribution in [2.75, 3.05) is 0 Å². The standard InChI is InChI=1S/C18H16N2O/c1-13-8-9-14(2)17(10-13)18(21)15-11-19-20(12-15)16-6-4-3-5-7-16/h3-12H,1-2H3. The Kier molecular flexibility index (Phi) is 3.40. The van der Waals surface area contributed by atoms with E-state index in [2.05, 4.69) is 5.10 Å². The molecule has 1 heterocycles. The van der Waals surface area contributed by atoms with Crippen LogP contribution in [0, 0.1) is 13.8 Å². The maximum atomic E-state index is 12.6. The number of hydrogen-bond donors (Lipinski definition) is 0. The first-order chi connectivity index (χ1) is 10.1. The van der Waals surface area contributed by atoms with Gasteiger partial charge in [-0.2, -0.15) is 5.10 Å². The molecule has 0 radical (unpaired) electrons. The van der Waals surface area contributed by atoms with E-state index in [1.165, 1.54) is 0 Å². The lowest BCUT2D eigenvalue weighted by molar-refractivity contribution is 0.103. The molecular weight excluding hydrogens is 260 g/mol. The first-order valence-corrected chi connectivity index (χ1v) is 6.87. The van der Waals surface area contributed by atoms with E-state index < -0.39 is 0 Å². The molecule has 0 N–H and O–H groups in total. The van der Waals surface area contributed by atoms with E-state index >= 15 is 0 Å². The highest BCUT2D eigenvalue weighted by Gasteiger charge is 2.14. The normalized spacial score (nSPS) is 10.6. The summed E-state index contributed by atoms with van der Waals surface area (Å²) in [4.78, 5) is 12.6. The summed E-state index contributed by atoms with van der Waals surface area (Å²) in [6, 6.07) is 15.7. The van der Waals surface area contributed by atoms with Crippen molar-refractivity contribution in [2.45, 2.75) is 13.8 Å². The highest BCUT2D eigenvalue weighted by molar-refractivity contribution is 6.09. The Bertz CT molecular complexity index is 788. The fraction of sp³-hybridized carbons (Fsp3) is 0.111. The lowest BCUT2D eigenvalue weighted by Gasteiger charge is -2.04. The van der Waals surface area contributed by atoms with Crippen molar-refractivity contribution < 1.29 is 4.79 Å². The van der Waals surface area contributed by atoms with E-state index in [0.717, 1.165) is 22.4 Å². The van der Waals surface area contributed by atoms with Crippen LogP contribution in [0.4, 0.5) is 0 Å². The third-order valence-corrected chi connectivity index (χ3v) is 3.50. The van der Waals surface area contributed by atoms with Crippen molar-refractivity contribution >= 4 is 5.78 Å². The molecule has 0 bridgehead atoms. The smallest absolute Gasteiger partial charge is 0.196 e. The average molecular weight is 276 g/mol. The van der Waals surface area contributed by atoms with E-state index in [0.29, 0.717) is 5.56 Å². The molecule has 0 spiro atoms. The maximum absolute atomic E-state index is 12.6. The summed E-state index contributed by atoms with van der Waals surface area (Å²) >= 11 is 0. The number of ketones is 1. The molecule has 0 unspecified atom stereocenters. The third kappa shape index (κ3) is 2.63. The minimum absolute atomic E-state index is 0.0124. The van der Waals surface area contributed by atoms with Gasteiger partial charge in [-0.1, -0.05) is 35.9 Å². The van der Waals surface area contributed by atoms with Crippen LogP contribution in [-0.2, 0) is 0 Å². The average Bonchev–Trinajstić information content (AvgIpc) is 3.00. The minimum Gasteiger partial charge on any atom is -0.288 e. The Hall–Kier alpha value is -2.68. The first-order valence-electron chi connectivity index (χ1n) is 6.87. The summed E-state index contributed by atoms with van der Waals surface area (Å²) in [5.41, 5.74) is 4.35. The molecule has 21 heavy (non-hydrogen) atoms. The molecule has 3 nitrogen and oxygen atoms in total. The molecule has 2 aromatic carbocycles. The van der Waals surface area contributed by atoms with Crippen LogP contribution >= 0.6 is 0 Å². The number of para-hydroxylation sites is 1. The number of hydrogen-bond acceptors (Lipinski definition) is 2. The fourth-order valence-corrected chi connectivity index (χ4v) is 2.30. The van der Waals surface area contributed by atoms with Crippen LogP contribution in [-0.4, -0.2) is 15.6 Å². The Morgan fingerprint density at radius 3 is 2.57 bits per heavy atom. The fourth-order valence-electron chi connectivity index (χ4n) is 2.30. The Balaban J connectivity index is 1.96. The summed E-state index contributed by atoms with van der Waals surface area (Å²) in [6.07, 6.45) is 3.40. The van der Waals surface area contributed by atoms with Gasteiger partial charge in [0, 0.05) is 11.8 Å². The molecule has 104 valence electrons. The number of aromatic nitrogens is 2. The van der Waals surface area contributed by atoms with Crippen molar-refractivity contribution in [3.8, 4) is 5.69 Å². The summed E-state index contributed by atoms with van der Waals surface area (Å²) in [7, 11) is 0. The molecule has 1 aromatic heterocycles. The lowest BCUT2D eigenvalue weighted by atomic mass is 9.99. The monoisotopic (exact) mass is 276 g/mol. The molecule has 0 fully saturated rings. The van der Waals surface area contributed by atoms with Gasteiger partial charge in [-0.05, 0) is 37.6 Å². The van der Waals surface area contributed by atoms with Crippen molar-refractivity contribution in [2.24, 2.45) is 0 Å². The summed E-state index contributed by atoms with van der Waals surface area (Å²) < 4.78 is 1.72. The van der Waals surface area contributed by atoms with Gasteiger partial charge < -0.3 is 0 Å². The summed E-state index contributed by atoms with van der Waals surface area (Å²) in [6.45, 7) is 3.94. The van der Waals surface area contributed by atoms with Gasteiger partial charge >= 0.3 is 0 Å². The molecule has 0 saturated heterocycles. The molecule has 3 rings (SSSR count). The first kappa shape index (κ1) is 13.3. The minimum atomic E-state index is 0.0124. The zero-order valence-corrected chi connectivity index (χ0v) is 12.1. The predicted octanol–water partition coefficient (Wildman–Crippen LogP) is 3.72. The second-order valence-electron chi connectivity index (χ2n) is 5.16. The van der Waals surface area contributed by atoms with Crippen LogP contribution in [0.1, 0.15) is 27.0 Å². The van der Waals surface area contributed by atoms with Gasteiger partial charge in [0.2, 0.25) is 0 Å². The number of rotatable bonds is 3. The van der Waals surface area contributed by atoms with Crippen LogP contribution in [0.25, 0.3) is 5.69 Å². The number of carbonyl (C=O) groups is 1. The third-order valence-electron chi connectivity index (χ3n) is 3.50. The lowest BCUT2D eigenvalue weighted by Crippen LogP contribution is -2.03. The van der Waals surface area contributed by atoms with Crippen molar-refractivity contribution in [1.82, 2.24) is 9.78 Å². The van der Waals surface area contributed by atoms with Crippen LogP contribution in [0.3, 0.4) is 0 Å². The SMILES string of the molecule is Cc1ccc(C)c(C(=O)c2cnn(-c3ccccc3)c2)c1. The largest absolute Gasteiger partial charge is 0.288 e. The van der Waals surface area contributed by atoms with Crippen molar-refractivity contribution in [3.05, 3.63) is 83.2 Å². The molecule has 0 amide bonds. The summed E-state index contributed by atoms with van der Waals surface area (Å²) in [5.74, 6) is 0.0124. The van der Waals surface area contributed by atoms with Gasteiger partial charge in [0.15, 0.2) is 5.78 Å². The topological polar surface area (TPSA) is 34.9 Å². The highest BCUT2D eigenvalue weighted by Crippen LogP contribution is 2.16. The van der Waals surface area contributed by atoms with Gasteiger partial charge in [-0.3, -0.25) is 4.79 Å². The van der Waals surface area contributed by atoms with Gasteiger partial charge in [0.05, 0.1) is 17.4 Å². The van der Waals surface area contributed by atoms with Gasteiger partial charge in [-0.25, -0.2) is 4.68 Å². The highest BCUT2D eigenvalue weighted by atomic mass is 16.1. The quantitative estimate of drug-likeness (QED) is 0.683. The number of benzene rings is 2. The molecule has 0 aliphatic rings. The second-order valence-corrected chi connectivity index (χ2v) is 5.16. The molecular formula is C18H16N2O. The molecule has 3 aromatic rings. The Labute approximate surface area is 123 Å². The van der Waals surface area contributed by atoms with E-state index in [9.17, 15) is 4.79 Å². The van der Waals surface area contributed by atoms with Crippen LogP contribution < -0.4 is 0 Å². The zero-order valence-electron chi connectivity index (χ0n) is 12.1. The van der Waals surface area contributed by atoms with Crippen LogP contribution in [0.5, 0.6) is 0 Å². The van der Waals surface area contributed by atoms with Crippen molar-refractivity contribution in [3.63, 3.8) is 0 Å². The molecule has 0 aliphatic heterocycles. The van der Waals surface area contributed by atoms with Gasteiger partial charge in [-0.15, -0.1) is 0 Å². The van der Waals surface area contributed by atoms with Crippen molar-refractivity contribution in [1.29, 1.82) is 0 Å². The molecule has 0 atom stereocenters. The van der Waals surface area contributed by atoms with Crippen LogP contribution in [0.2, 0.25) is 0 Å². The van der Waals surface area contributed by atoms with Gasteiger partial charge in [0.25, 0.3) is 0 Å². The number of carbonyl (C=O) groups excluding carboxylic acids is 1. The maximum Gasteiger partial charge on any atom is 0.196 e. The number of nitrogens with zero attached hydrogens (tertiary/aromatic N) is 2. The molecule has 3 heteroatoms. The zero-order chi connectivity index (χ0) is 14.8. The van der Waals surface area contributed by atoms with Gasteiger partial charge in [0.1, 0.15) is 0 Å². The van der Waals surface area contributed by atoms with E-state index in [1.807, 2.05) is 62.4 Å². The summed E-state index contributed by atoms with van der Waals surface area (Å²) in [5, 5.41) is 4.28. The van der Waals surface area contributed by atoms with Crippen LogP contribution in [0.15, 0.2) is 60.9 Å². The van der Waals surface area contributed by atoms with E-state index in [1.54, 1.807) is 17.1 Å². The molecule has 0 saturated carbocycles.